The Labute approximate surface area is 106 Å². The molecule has 0 aliphatic rings. The molecular weight excluding hydrogens is 284 g/mol. The van der Waals surface area contributed by atoms with E-state index in [1.165, 1.54) is 18.2 Å². The number of thiol groups is 1. The first-order valence-electron chi connectivity index (χ1n) is 4.35. The summed E-state index contributed by atoms with van der Waals surface area (Å²) in [7, 11) is -6.75. The average molecular weight is 296 g/mol. The zero-order valence-electron chi connectivity index (χ0n) is 9.13. The second-order valence-corrected chi connectivity index (χ2v) is 7.46. The molecule has 96 valence electrons. The van der Waals surface area contributed by atoms with Crippen molar-refractivity contribution < 1.29 is 16.8 Å². The second-order valence-electron chi connectivity index (χ2n) is 3.48. The van der Waals surface area contributed by atoms with Gasteiger partial charge in [0.05, 0.1) is 18.2 Å². The zero-order valence-corrected chi connectivity index (χ0v) is 11.7. The van der Waals surface area contributed by atoms with Crippen molar-refractivity contribution in [2.75, 3.05) is 22.0 Å². The Bertz CT molecular complexity index is 622. The molecule has 0 saturated carbocycles. The highest BCUT2D eigenvalue weighted by atomic mass is 32.2. The number of sulfonamides is 2. The third-order valence-corrected chi connectivity index (χ3v) is 3.16. The van der Waals surface area contributed by atoms with Gasteiger partial charge in [-0.2, -0.15) is 0 Å². The van der Waals surface area contributed by atoms with Crippen molar-refractivity contribution >= 4 is 44.1 Å². The highest BCUT2D eigenvalue weighted by molar-refractivity contribution is 7.92. The molecular formula is C8H12N2O4S3. The van der Waals surface area contributed by atoms with Crippen LogP contribution in [-0.4, -0.2) is 29.3 Å². The Balaban J connectivity index is 3.02. The van der Waals surface area contributed by atoms with E-state index in [1.807, 2.05) is 0 Å². The van der Waals surface area contributed by atoms with Crippen LogP contribution in [0.25, 0.3) is 0 Å². The second kappa shape index (κ2) is 4.75. The molecule has 0 bridgehead atoms. The summed E-state index contributed by atoms with van der Waals surface area (Å²) in [6, 6.07) is 4.28. The molecule has 1 rings (SSSR count). The largest absolute Gasteiger partial charge is 0.284 e. The molecule has 0 amide bonds. The van der Waals surface area contributed by atoms with Gasteiger partial charge in [0.25, 0.3) is 0 Å². The molecule has 9 heteroatoms. The van der Waals surface area contributed by atoms with E-state index in [0.29, 0.717) is 10.6 Å². The van der Waals surface area contributed by atoms with Gasteiger partial charge in [-0.25, -0.2) is 16.8 Å². The molecule has 1 aromatic rings. The van der Waals surface area contributed by atoms with E-state index in [2.05, 4.69) is 22.1 Å². The molecule has 0 radical (unpaired) electrons. The average Bonchev–Trinajstić information content (AvgIpc) is 2.05. The molecule has 0 heterocycles. The minimum absolute atomic E-state index is 0.287. The number of nitrogens with one attached hydrogen (secondary N) is 2. The quantitative estimate of drug-likeness (QED) is 0.714. The van der Waals surface area contributed by atoms with Crippen molar-refractivity contribution in [2.45, 2.75) is 4.90 Å². The van der Waals surface area contributed by atoms with Gasteiger partial charge in [0.15, 0.2) is 0 Å². The smallest absolute Gasteiger partial charge is 0.229 e. The molecule has 0 aliphatic heterocycles. The van der Waals surface area contributed by atoms with E-state index in [1.54, 1.807) is 0 Å². The third kappa shape index (κ3) is 5.29. The topological polar surface area (TPSA) is 92.3 Å². The molecule has 0 saturated heterocycles. The predicted octanol–water partition coefficient (Wildman–Crippen LogP) is 0.718. The van der Waals surface area contributed by atoms with Crippen molar-refractivity contribution in [3.8, 4) is 0 Å². The summed E-state index contributed by atoms with van der Waals surface area (Å²) >= 11 is 4.07. The van der Waals surface area contributed by atoms with Crippen molar-refractivity contribution in [2.24, 2.45) is 0 Å². The summed E-state index contributed by atoms with van der Waals surface area (Å²) in [5.74, 6) is 0. The lowest BCUT2D eigenvalue weighted by Gasteiger charge is -2.09. The van der Waals surface area contributed by atoms with Gasteiger partial charge in [-0.15, -0.1) is 12.6 Å². The monoisotopic (exact) mass is 296 g/mol. The molecule has 0 fully saturated rings. The fourth-order valence-electron chi connectivity index (χ4n) is 1.10. The number of hydrogen-bond acceptors (Lipinski definition) is 5. The minimum Gasteiger partial charge on any atom is -0.284 e. The summed E-state index contributed by atoms with van der Waals surface area (Å²) in [6.07, 6.45) is 2.04. The van der Waals surface area contributed by atoms with Gasteiger partial charge in [0, 0.05) is 10.6 Å². The SMILES string of the molecule is CS(=O)(=O)Nc1ccc(NS(C)(=O)=O)c(S)c1. The molecule has 0 unspecified atom stereocenters. The Hall–Kier alpha value is -0.930. The van der Waals surface area contributed by atoms with Gasteiger partial charge in [0.1, 0.15) is 0 Å². The van der Waals surface area contributed by atoms with Gasteiger partial charge in [-0.1, -0.05) is 0 Å². The van der Waals surface area contributed by atoms with Crippen LogP contribution in [0.15, 0.2) is 23.1 Å². The molecule has 6 nitrogen and oxygen atoms in total. The molecule has 0 aliphatic carbocycles. The van der Waals surface area contributed by atoms with Gasteiger partial charge < -0.3 is 0 Å². The lowest BCUT2D eigenvalue weighted by Crippen LogP contribution is -2.11. The molecule has 0 aromatic heterocycles. The van der Waals surface area contributed by atoms with E-state index in [0.717, 1.165) is 12.5 Å². The summed E-state index contributed by atoms with van der Waals surface area (Å²) in [6.45, 7) is 0. The van der Waals surface area contributed by atoms with E-state index in [9.17, 15) is 16.8 Å². The fourth-order valence-corrected chi connectivity index (χ4v) is 2.57. The Morgan fingerprint density at radius 1 is 1.00 bits per heavy atom. The lowest BCUT2D eigenvalue weighted by molar-refractivity contribution is 0.604. The van der Waals surface area contributed by atoms with Crippen LogP contribution >= 0.6 is 12.6 Å². The van der Waals surface area contributed by atoms with Crippen LogP contribution in [-0.2, 0) is 20.0 Å². The maximum Gasteiger partial charge on any atom is 0.229 e. The zero-order chi connectivity index (χ0) is 13.3. The summed E-state index contributed by atoms with van der Waals surface area (Å²) in [4.78, 5) is 0.323. The first-order valence-corrected chi connectivity index (χ1v) is 8.58. The van der Waals surface area contributed by atoms with Crippen molar-refractivity contribution in [3.63, 3.8) is 0 Å². The number of anilines is 2. The summed E-state index contributed by atoms with van der Waals surface area (Å²) in [5.41, 5.74) is 0.603. The minimum atomic E-state index is -3.39. The van der Waals surface area contributed by atoms with Gasteiger partial charge in [-0.3, -0.25) is 9.44 Å². The van der Waals surface area contributed by atoms with Crippen LogP contribution < -0.4 is 9.44 Å². The fraction of sp³-hybridized carbons (Fsp3) is 0.250. The van der Waals surface area contributed by atoms with Gasteiger partial charge in [0.2, 0.25) is 20.0 Å². The van der Waals surface area contributed by atoms with Crippen LogP contribution in [0, 0.1) is 0 Å². The molecule has 1 aromatic carbocycles. The molecule has 0 atom stereocenters. The molecule has 2 N–H and O–H groups in total. The maximum absolute atomic E-state index is 11.0. The number of rotatable bonds is 4. The van der Waals surface area contributed by atoms with E-state index in [-0.39, 0.29) is 5.69 Å². The first kappa shape index (κ1) is 14.1. The number of hydrogen-bond donors (Lipinski definition) is 3. The van der Waals surface area contributed by atoms with Crippen LogP contribution in [0.1, 0.15) is 0 Å². The lowest BCUT2D eigenvalue weighted by atomic mass is 10.3. The van der Waals surface area contributed by atoms with Gasteiger partial charge in [-0.05, 0) is 18.2 Å². The standard InChI is InChI=1S/C8H12N2O4S3/c1-16(11,12)9-6-3-4-7(8(15)5-6)10-17(2,13)14/h3-5,9-10,15H,1-2H3. The van der Waals surface area contributed by atoms with E-state index < -0.39 is 20.0 Å². The highest BCUT2D eigenvalue weighted by Gasteiger charge is 2.08. The molecule has 17 heavy (non-hydrogen) atoms. The van der Waals surface area contributed by atoms with Crippen LogP contribution in [0.5, 0.6) is 0 Å². The predicted molar refractivity (Wildman–Crippen MR) is 70.6 cm³/mol. The Morgan fingerprint density at radius 2 is 1.53 bits per heavy atom. The molecule has 0 spiro atoms. The first-order chi connectivity index (χ1) is 7.57. The van der Waals surface area contributed by atoms with E-state index in [4.69, 9.17) is 0 Å². The normalized spacial score (nSPS) is 12.2. The van der Waals surface area contributed by atoms with Crippen molar-refractivity contribution in [1.82, 2.24) is 0 Å². The van der Waals surface area contributed by atoms with Crippen molar-refractivity contribution in [3.05, 3.63) is 18.2 Å². The van der Waals surface area contributed by atoms with Crippen molar-refractivity contribution in [1.29, 1.82) is 0 Å². The van der Waals surface area contributed by atoms with Crippen LogP contribution in [0.2, 0.25) is 0 Å². The number of benzene rings is 1. The highest BCUT2D eigenvalue weighted by Crippen LogP contribution is 2.24. The third-order valence-electron chi connectivity index (χ3n) is 1.60. The van der Waals surface area contributed by atoms with Crippen LogP contribution in [0.4, 0.5) is 11.4 Å². The Morgan fingerprint density at radius 3 is 1.94 bits per heavy atom. The van der Waals surface area contributed by atoms with Gasteiger partial charge >= 0.3 is 0 Å². The maximum atomic E-state index is 11.0. The van der Waals surface area contributed by atoms with E-state index >= 15 is 0 Å². The summed E-state index contributed by atoms with van der Waals surface area (Å²) < 4.78 is 48.5. The van der Waals surface area contributed by atoms with Crippen LogP contribution in [0.3, 0.4) is 0 Å². The Kier molecular flexibility index (Phi) is 3.95. The summed E-state index contributed by atoms with van der Waals surface area (Å²) in [5, 5.41) is 0.